The van der Waals surface area contributed by atoms with Gasteiger partial charge in [-0.1, -0.05) is 41.2 Å². The lowest BCUT2D eigenvalue weighted by Crippen LogP contribution is -2.67. The maximum absolute atomic E-state index is 12.5. The lowest BCUT2D eigenvalue weighted by molar-refractivity contribution is -0.339. The van der Waals surface area contributed by atoms with Crippen molar-refractivity contribution >= 4 is 0 Å². The van der Waals surface area contributed by atoms with Gasteiger partial charge in [0, 0.05) is 0 Å². The molecule has 0 aromatic carbocycles. The molecule has 10 N–H and O–H groups in total. The first-order valence-electron chi connectivity index (χ1n) is 21.1. The molecule has 15 nitrogen and oxygen atoms in total. The van der Waals surface area contributed by atoms with Crippen molar-refractivity contribution in [3.63, 3.8) is 0 Å². The van der Waals surface area contributed by atoms with Crippen LogP contribution in [0.15, 0.2) is 12.2 Å². The highest BCUT2D eigenvalue weighted by Crippen LogP contribution is 2.76. The highest BCUT2D eigenvalue weighted by atomic mass is 17.1. The third-order valence-corrected chi connectivity index (χ3v) is 17.1. The fraction of sp³-hybridized carbons (Fsp3) is 0.952. The summed E-state index contributed by atoms with van der Waals surface area (Å²) in [5.41, 5.74) is -1.62. The summed E-state index contributed by atoms with van der Waals surface area (Å²) in [5, 5.41) is 106. The molecular weight excluding hydrogens is 744 g/mol. The van der Waals surface area contributed by atoms with Crippen molar-refractivity contribution in [2.45, 2.75) is 192 Å². The predicted molar refractivity (Wildman–Crippen MR) is 204 cm³/mol. The quantitative estimate of drug-likeness (QED) is 0.0582. The fourth-order valence-corrected chi connectivity index (χ4v) is 13.6. The summed E-state index contributed by atoms with van der Waals surface area (Å²) >= 11 is 0. The fourth-order valence-electron chi connectivity index (χ4n) is 13.6. The summed E-state index contributed by atoms with van der Waals surface area (Å²) < 4.78 is 24.8. The molecule has 330 valence electrons. The molecule has 2 aliphatic heterocycles. The minimum atomic E-state index is -1.62. The van der Waals surface area contributed by atoms with Crippen molar-refractivity contribution in [2.24, 2.45) is 45.3 Å². The second kappa shape index (κ2) is 16.4. The molecule has 21 atom stereocenters. The van der Waals surface area contributed by atoms with Gasteiger partial charge in [-0.25, -0.2) is 4.89 Å². The van der Waals surface area contributed by atoms with E-state index in [1.54, 1.807) is 6.92 Å². The Bertz CT molecular complexity index is 1410. The minimum Gasteiger partial charge on any atom is -0.394 e. The number of hydrogen-bond donors (Lipinski definition) is 10. The van der Waals surface area contributed by atoms with Crippen LogP contribution < -0.4 is 0 Å². The number of rotatable bonds is 12. The van der Waals surface area contributed by atoms with E-state index in [0.717, 1.165) is 25.7 Å². The second-order valence-electron chi connectivity index (χ2n) is 20.2. The Morgan fingerprint density at radius 1 is 0.754 bits per heavy atom. The summed E-state index contributed by atoms with van der Waals surface area (Å²) in [5.74, 6) is -0.171. The molecule has 2 heterocycles. The van der Waals surface area contributed by atoms with Crippen LogP contribution in [0.1, 0.15) is 106 Å². The maximum atomic E-state index is 12.5. The molecule has 57 heavy (non-hydrogen) atoms. The number of hydrogen-bond acceptors (Lipinski definition) is 15. The van der Waals surface area contributed by atoms with Crippen molar-refractivity contribution in [3.8, 4) is 0 Å². The Kier molecular flexibility index (Phi) is 13.2. The second-order valence-corrected chi connectivity index (χ2v) is 20.2. The summed E-state index contributed by atoms with van der Waals surface area (Å²) in [6, 6.07) is 0. The van der Waals surface area contributed by atoms with E-state index in [1.165, 1.54) is 0 Å². The van der Waals surface area contributed by atoms with Gasteiger partial charge in [0.1, 0.15) is 54.9 Å². The van der Waals surface area contributed by atoms with E-state index in [0.29, 0.717) is 37.7 Å². The lowest BCUT2D eigenvalue weighted by Gasteiger charge is -2.71. The van der Waals surface area contributed by atoms with E-state index >= 15 is 0 Å². The highest BCUT2D eigenvalue weighted by Gasteiger charge is 2.72. The van der Waals surface area contributed by atoms with Crippen LogP contribution in [0, 0.1) is 45.3 Å². The molecule has 6 rings (SSSR count). The van der Waals surface area contributed by atoms with Crippen molar-refractivity contribution in [2.75, 3.05) is 13.2 Å². The molecule has 0 radical (unpaired) electrons. The Hall–Kier alpha value is -0.860. The first-order chi connectivity index (χ1) is 26.6. The Balaban J connectivity index is 1.27. The number of ether oxygens (including phenoxy) is 4. The van der Waals surface area contributed by atoms with Crippen LogP contribution >= 0.6 is 0 Å². The van der Waals surface area contributed by atoms with Gasteiger partial charge in [0.2, 0.25) is 0 Å². The average Bonchev–Trinajstić information content (AvgIpc) is 3.54. The third kappa shape index (κ3) is 7.39. The molecule has 0 bridgehead atoms. The summed E-state index contributed by atoms with van der Waals surface area (Å²) in [7, 11) is 0. The van der Waals surface area contributed by atoms with Gasteiger partial charge in [-0.2, -0.15) is 0 Å². The van der Waals surface area contributed by atoms with E-state index in [1.807, 2.05) is 6.92 Å². The van der Waals surface area contributed by atoms with Crippen molar-refractivity contribution in [3.05, 3.63) is 12.2 Å². The van der Waals surface area contributed by atoms with E-state index in [9.17, 15) is 51.2 Å². The third-order valence-electron chi connectivity index (χ3n) is 17.1. The smallest absolute Gasteiger partial charge is 0.187 e. The van der Waals surface area contributed by atoms with Gasteiger partial charge in [0.25, 0.3) is 0 Å². The monoisotopic (exact) mass is 816 g/mol. The minimum absolute atomic E-state index is 0.138. The van der Waals surface area contributed by atoms with Crippen LogP contribution in [-0.4, -0.2) is 150 Å². The molecule has 2 saturated heterocycles. The number of aliphatic hydroxyl groups is 9. The average molecular weight is 817 g/mol. The Labute approximate surface area is 336 Å². The first-order valence-corrected chi connectivity index (χ1v) is 21.1. The molecule has 15 heteroatoms. The molecule has 0 amide bonds. The molecule has 4 saturated carbocycles. The van der Waals surface area contributed by atoms with Crippen molar-refractivity contribution < 1.29 is 75.1 Å². The molecule has 0 aromatic heterocycles. The zero-order valence-corrected chi connectivity index (χ0v) is 34.8. The normalized spacial score (nSPS) is 51.2. The van der Waals surface area contributed by atoms with Gasteiger partial charge in [0.05, 0.1) is 31.0 Å². The molecule has 4 aliphatic carbocycles. The molecule has 0 aromatic rings. The Morgan fingerprint density at radius 3 is 1.88 bits per heavy atom. The zero-order chi connectivity index (χ0) is 42.2. The van der Waals surface area contributed by atoms with Crippen molar-refractivity contribution in [1.82, 2.24) is 0 Å². The lowest BCUT2D eigenvalue weighted by atomic mass is 9.35. The molecule has 0 spiro atoms. The predicted octanol–water partition coefficient (Wildman–Crippen LogP) is 1.62. The SMILES string of the molecule is C=C(C)[C@H](CC[C@](C)(O[C@@H]1O[C@H](CO)[C@@H](O)[C@H](O)[C@H]1O)[C@H]1CC[C@]2(C)[C@@H]1[C@H](O)C[C@@H]1[C@@]3(C)CC[C@H](O[C@@H]4O[C@H](CO)[C@@H](O)[C@H](O)[C@H]4O)C(C)(C)[C@@H]3CC[C@]12C)OO. The molecule has 6 aliphatic rings. The van der Waals surface area contributed by atoms with Crippen LogP contribution in [0.2, 0.25) is 0 Å². The maximum Gasteiger partial charge on any atom is 0.187 e. The summed E-state index contributed by atoms with van der Waals surface area (Å²) in [4.78, 5) is 4.78. The zero-order valence-electron chi connectivity index (χ0n) is 34.8. The van der Waals surface area contributed by atoms with E-state index in [-0.39, 0.29) is 46.0 Å². The van der Waals surface area contributed by atoms with E-state index in [2.05, 4.69) is 41.2 Å². The molecular formula is C42H72O15. The van der Waals surface area contributed by atoms with Crippen molar-refractivity contribution in [1.29, 1.82) is 0 Å². The van der Waals surface area contributed by atoms with Gasteiger partial charge in [-0.15, -0.1) is 0 Å². The van der Waals surface area contributed by atoms with Gasteiger partial charge in [-0.05, 0) is 123 Å². The largest absolute Gasteiger partial charge is 0.394 e. The van der Waals surface area contributed by atoms with E-state index in [4.69, 9.17) is 23.8 Å². The van der Waals surface area contributed by atoms with Crippen LogP contribution in [0.25, 0.3) is 0 Å². The Morgan fingerprint density at radius 2 is 1.32 bits per heavy atom. The van der Waals surface area contributed by atoms with Gasteiger partial charge >= 0.3 is 0 Å². The standard InChI is InChI=1S/C42H72O15/c1-20(2)23(57-52)10-16-42(8,56-37-35(51)33(49)31(47)25(19-44)54-37)21-9-14-41(7)29(21)22(45)17-27-39(5)13-12-28(38(3,4)26(39)11-15-40(27,41)6)55-36-34(50)32(48)30(46)24(18-43)53-36/h21-37,43-52H,1,9-19H2,2-8H3/t21-,22+,23-,24+,25+,26-,27+,28-,29-,30+,31+,32-,33-,34+,35+,36-,37-,39-,40+,41+,42-/m0/s1. The molecule has 0 unspecified atom stereocenters. The topological polar surface area (TPSA) is 248 Å². The van der Waals surface area contributed by atoms with Crippen LogP contribution in [-0.2, 0) is 23.8 Å². The van der Waals surface area contributed by atoms with E-state index < -0.39 is 97.8 Å². The summed E-state index contributed by atoms with van der Waals surface area (Å²) in [6.07, 6.45) is -9.99. The first kappa shape index (κ1) is 45.7. The van der Waals surface area contributed by atoms with Crippen LogP contribution in [0.5, 0.6) is 0 Å². The van der Waals surface area contributed by atoms with Gasteiger partial charge in [-0.3, -0.25) is 5.26 Å². The molecule has 6 fully saturated rings. The van der Waals surface area contributed by atoms with Gasteiger partial charge < -0.3 is 64.9 Å². The van der Waals surface area contributed by atoms with Crippen LogP contribution in [0.4, 0.5) is 0 Å². The van der Waals surface area contributed by atoms with Crippen LogP contribution in [0.3, 0.4) is 0 Å². The number of fused-ring (bicyclic) bond motifs is 5. The number of aliphatic hydroxyl groups excluding tert-OH is 9. The van der Waals surface area contributed by atoms with Gasteiger partial charge in [0.15, 0.2) is 12.6 Å². The highest BCUT2D eigenvalue weighted by molar-refractivity contribution is 5.20. The summed E-state index contributed by atoms with van der Waals surface area (Å²) in [6.45, 7) is 17.9.